The number of esters is 1. The molecular formula is C14H18O4. The van der Waals surface area contributed by atoms with Crippen molar-refractivity contribution in [3.63, 3.8) is 0 Å². The molecular weight excluding hydrogens is 232 g/mol. The van der Waals surface area contributed by atoms with Gasteiger partial charge < -0.3 is 14.2 Å². The average Bonchev–Trinajstić information content (AvgIpc) is 3.03. The van der Waals surface area contributed by atoms with Crippen LogP contribution in [0.1, 0.15) is 32.1 Å². The SMILES string of the molecule is C#CCCCCO[C@H]1OC(=O)[C@H]2[C@@H]1[C@@H]1CC[C@H]2O1. The third-order valence-corrected chi connectivity index (χ3v) is 4.15. The molecule has 98 valence electrons. The lowest BCUT2D eigenvalue weighted by atomic mass is 9.81. The van der Waals surface area contributed by atoms with Crippen LogP contribution in [0.25, 0.3) is 0 Å². The molecule has 0 N–H and O–H groups in total. The minimum Gasteiger partial charge on any atom is -0.435 e. The fourth-order valence-electron chi connectivity index (χ4n) is 3.31. The smallest absolute Gasteiger partial charge is 0.314 e. The number of hydrogen-bond acceptors (Lipinski definition) is 4. The van der Waals surface area contributed by atoms with Gasteiger partial charge in [-0.05, 0) is 25.7 Å². The van der Waals surface area contributed by atoms with Gasteiger partial charge in [0.15, 0.2) is 0 Å². The summed E-state index contributed by atoms with van der Waals surface area (Å²) < 4.78 is 16.8. The molecule has 0 aromatic rings. The number of fused-ring (bicyclic) bond motifs is 5. The predicted octanol–water partition coefficient (Wildman–Crippen LogP) is 1.48. The molecule has 3 fully saturated rings. The monoisotopic (exact) mass is 250 g/mol. The number of carbonyl (C=O) groups is 1. The zero-order chi connectivity index (χ0) is 12.5. The van der Waals surface area contributed by atoms with Crippen LogP contribution in [0.15, 0.2) is 0 Å². The van der Waals surface area contributed by atoms with Crippen LogP contribution < -0.4 is 0 Å². The van der Waals surface area contributed by atoms with Gasteiger partial charge in [0, 0.05) is 6.42 Å². The van der Waals surface area contributed by atoms with Crippen molar-refractivity contribution < 1.29 is 19.0 Å². The molecule has 0 saturated carbocycles. The van der Waals surface area contributed by atoms with Crippen LogP contribution >= 0.6 is 0 Å². The number of ether oxygens (including phenoxy) is 3. The summed E-state index contributed by atoms with van der Waals surface area (Å²) in [5.74, 6) is 2.49. The molecule has 4 nitrogen and oxygen atoms in total. The Balaban J connectivity index is 1.52. The molecule has 4 heteroatoms. The van der Waals surface area contributed by atoms with E-state index < -0.39 is 6.29 Å². The summed E-state index contributed by atoms with van der Waals surface area (Å²) in [4.78, 5) is 11.8. The molecule has 0 aromatic heterocycles. The molecule has 18 heavy (non-hydrogen) atoms. The predicted molar refractivity (Wildman–Crippen MR) is 63.4 cm³/mol. The highest BCUT2D eigenvalue weighted by molar-refractivity contribution is 5.76. The van der Waals surface area contributed by atoms with Crippen LogP contribution in [0.5, 0.6) is 0 Å². The molecule has 0 amide bonds. The van der Waals surface area contributed by atoms with E-state index in [0.717, 1.165) is 32.1 Å². The fourth-order valence-corrected chi connectivity index (χ4v) is 3.31. The Morgan fingerprint density at radius 1 is 1.33 bits per heavy atom. The van der Waals surface area contributed by atoms with Crippen molar-refractivity contribution in [2.45, 2.75) is 50.6 Å². The molecule has 3 rings (SSSR count). The second-order valence-corrected chi connectivity index (χ2v) is 5.23. The Morgan fingerprint density at radius 2 is 2.17 bits per heavy atom. The maximum absolute atomic E-state index is 11.8. The standard InChI is InChI=1S/C14H18O4/c1-2-3-4-5-8-16-14-12-10-7-6-9(17-10)11(12)13(15)18-14/h1,9-12,14H,3-8H2/t9-,10+,11-,12+,14+/m1/s1. The summed E-state index contributed by atoms with van der Waals surface area (Å²) in [5.41, 5.74) is 0. The first kappa shape index (κ1) is 12.0. The van der Waals surface area contributed by atoms with Crippen molar-refractivity contribution in [2.24, 2.45) is 11.8 Å². The van der Waals surface area contributed by atoms with Crippen LogP contribution in [0.3, 0.4) is 0 Å². The van der Waals surface area contributed by atoms with Gasteiger partial charge in [-0.1, -0.05) is 0 Å². The number of carbonyl (C=O) groups excluding carboxylic acids is 1. The Labute approximate surface area is 107 Å². The quantitative estimate of drug-likeness (QED) is 0.421. The number of rotatable bonds is 5. The minimum absolute atomic E-state index is 0.0718. The van der Waals surface area contributed by atoms with Gasteiger partial charge in [-0.15, -0.1) is 12.3 Å². The average molecular weight is 250 g/mol. The lowest BCUT2D eigenvalue weighted by Gasteiger charge is -2.22. The summed E-state index contributed by atoms with van der Waals surface area (Å²) in [6.45, 7) is 0.597. The topological polar surface area (TPSA) is 44.8 Å². The van der Waals surface area contributed by atoms with E-state index in [1.165, 1.54) is 0 Å². The summed E-state index contributed by atoms with van der Waals surface area (Å²) in [5, 5.41) is 0. The molecule has 0 aliphatic carbocycles. The van der Waals surface area contributed by atoms with Crippen LogP contribution in [-0.4, -0.2) is 31.1 Å². The van der Waals surface area contributed by atoms with E-state index in [9.17, 15) is 4.79 Å². The maximum Gasteiger partial charge on any atom is 0.314 e. The molecule has 0 spiro atoms. The van der Waals surface area contributed by atoms with Gasteiger partial charge in [0.05, 0.1) is 30.7 Å². The second kappa shape index (κ2) is 4.91. The van der Waals surface area contributed by atoms with Crippen molar-refractivity contribution >= 4 is 5.97 Å². The normalized spacial score (nSPS) is 40.6. The lowest BCUT2D eigenvalue weighted by molar-refractivity contribution is -0.174. The van der Waals surface area contributed by atoms with Gasteiger partial charge in [-0.25, -0.2) is 0 Å². The van der Waals surface area contributed by atoms with Crippen LogP contribution in [0, 0.1) is 24.2 Å². The van der Waals surface area contributed by atoms with Crippen LogP contribution in [-0.2, 0) is 19.0 Å². The Bertz CT molecular complexity index is 372. The van der Waals surface area contributed by atoms with Crippen LogP contribution in [0.4, 0.5) is 0 Å². The van der Waals surface area contributed by atoms with Gasteiger partial charge >= 0.3 is 5.97 Å². The molecule has 3 heterocycles. The molecule has 0 aromatic carbocycles. The van der Waals surface area contributed by atoms with Gasteiger partial charge in [-0.3, -0.25) is 4.79 Å². The number of cyclic esters (lactones) is 1. The van der Waals surface area contributed by atoms with Gasteiger partial charge in [0.25, 0.3) is 0 Å². The minimum atomic E-state index is -0.399. The third-order valence-electron chi connectivity index (χ3n) is 4.15. The van der Waals surface area contributed by atoms with Crippen molar-refractivity contribution in [1.29, 1.82) is 0 Å². The molecule has 3 saturated heterocycles. The lowest BCUT2D eigenvalue weighted by Crippen LogP contribution is -2.32. The molecule has 0 radical (unpaired) electrons. The zero-order valence-electron chi connectivity index (χ0n) is 10.3. The fraction of sp³-hybridized carbons (Fsp3) is 0.786. The van der Waals surface area contributed by atoms with E-state index in [1.54, 1.807) is 0 Å². The third kappa shape index (κ3) is 1.92. The molecule has 3 aliphatic rings. The summed E-state index contributed by atoms with van der Waals surface area (Å²) in [6.07, 6.45) is 9.65. The Morgan fingerprint density at radius 3 is 3.00 bits per heavy atom. The van der Waals surface area contributed by atoms with E-state index in [0.29, 0.717) is 6.61 Å². The number of hydrogen-bond donors (Lipinski definition) is 0. The van der Waals surface area contributed by atoms with E-state index >= 15 is 0 Å². The molecule has 2 bridgehead atoms. The van der Waals surface area contributed by atoms with E-state index in [2.05, 4.69) is 5.92 Å². The highest BCUT2D eigenvalue weighted by atomic mass is 16.7. The molecule has 3 aliphatic heterocycles. The van der Waals surface area contributed by atoms with Gasteiger partial charge in [0.1, 0.15) is 0 Å². The summed E-state index contributed by atoms with van der Waals surface area (Å²) in [7, 11) is 0. The Kier molecular flexibility index (Phi) is 3.27. The van der Waals surface area contributed by atoms with E-state index in [1.807, 2.05) is 0 Å². The highest BCUT2D eigenvalue weighted by Gasteiger charge is 2.61. The second-order valence-electron chi connectivity index (χ2n) is 5.23. The van der Waals surface area contributed by atoms with Gasteiger partial charge in [0.2, 0.25) is 6.29 Å². The van der Waals surface area contributed by atoms with Crippen molar-refractivity contribution in [1.82, 2.24) is 0 Å². The summed E-state index contributed by atoms with van der Waals surface area (Å²) in [6, 6.07) is 0. The first-order chi connectivity index (χ1) is 8.81. The van der Waals surface area contributed by atoms with Crippen molar-refractivity contribution in [3.8, 4) is 12.3 Å². The number of unbranched alkanes of at least 4 members (excludes halogenated alkanes) is 2. The largest absolute Gasteiger partial charge is 0.435 e. The van der Waals surface area contributed by atoms with Crippen LogP contribution in [0.2, 0.25) is 0 Å². The number of terminal acetylenes is 1. The Hall–Kier alpha value is -1.05. The van der Waals surface area contributed by atoms with Crippen molar-refractivity contribution in [2.75, 3.05) is 6.61 Å². The van der Waals surface area contributed by atoms with E-state index in [4.69, 9.17) is 20.6 Å². The molecule has 0 unspecified atom stereocenters. The van der Waals surface area contributed by atoms with Gasteiger partial charge in [-0.2, -0.15) is 0 Å². The summed E-state index contributed by atoms with van der Waals surface area (Å²) >= 11 is 0. The molecule has 5 atom stereocenters. The van der Waals surface area contributed by atoms with Crippen molar-refractivity contribution in [3.05, 3.63) is 0 Å². The van der Waals surface area contributed by atoms with E-state index in [-0.39, 0.29) is 30.0 Å². The maximum atomic E-state index is 11.8. The zero-order valence-corrected chi connectivity index (χ0v) is 10.3. The first-order valence-corrected chi connectivity index (χ1v) is 6.72. The highest BCUT2D eigenvalue weighted by Crippen LogP contribution is 2.49. The first-order valence-electron chi connectivity index (χ1n) is 6.72.